The molecule has 0 unspecified atom stereocenters. The first kappa shape index (κ1) is 21.2. The summed E-state index contributed by atoms with van der Waals surface area (Å²) in [5, 5.41) is 3.26. The predicted molar refractivity (Wildman–Crippen MR) is 104 cm³/mol. The molecule has 0 bridgehead atoms. The minimum Gasteiger partial charge on any atom is -0.333 e. The maximum Gasteiger partial charge on any atom is 0.254 e. The number of rotatable bonds is 3. The van der Waals surface area contributed by atoms with Gasteiger partial charge in [0.2, 0.25) is 10.0 Å². The zero-order valence-electron chi connectivity index (χ0n) is 15.4. The number of sulfonamides is 1. The Bertz CT molecular complexity index is 748. The lowest BCUT2D eigenvalue weighted by molar-refractivity contribution is 0.0655. The molecular formula is C18H28ClN3O3S. The number of nitrogens with zero attached hydrogens (tertiary/aromatic N) is 2. The predicted octanol–water partition coefficient (Wildman–Crippen LogP) is 2.03. The van der Waals surface area contributed by atoms with E-state index in [1.807, 2.05) is 11.8 Å². The number of benzene rings is 1. The Labute approximate surface area is 162 Å². The summed E-state index contributed by atoms with van der Waals surface area (Å²) >= 11 is 0. The Hall–Kier alpha value is -1.15. The van der Waals surface area contributed by atoms with Crippen LogP contribution in [0.1, 0.15) is 42.1 Å². The number of carbonyl (C=O) groups excluding carboxylic acids is 1. The van der Waals surface area contributed by atoms with Crippen molar-refractivity contribution >= 4 is 28.3 Å². The lowest BCUT2D eigenvalue weighted by Crippen LogP contribution is -2.52. The molecule has 1 atom stereocenters. The van der Waals surface area contributed by atoms with Gasteiger partial charge in [-0.25, -0.2) is 8.42 Å². The van der Waals surface area contributed by atoms with Gasteiger partial charge in [0.25, 0.3) is 5.91 Å². The Balaban J connectivity index is 0.00000243. The number of nitrogens with one attached hydrogen (secondary N) is 1. The zero-order chi connectivity index (χ0) is 18.0. The van der Waals surface area contributed by atoms with Crippen molar-refractivity contribution in [1.29, 1.82) is 0 Å². The molecule has 6 nitrogen and oxygen atoms in total. The van der Waals surface area contributed by atoms with Crippen molar-refractivity contribution in [3.63, 3.8) is 0 Å². The number of aryl methyl sites for hydroxylation is 1. The molecule has 2 saturated heterocycles. The number of amides is 1. The third-order valence-electron chi connectivity index (χ3n) is 5.13. The molecule has 1 aromatic carbocycles. The standard InChI is InChI=1S/C18H27N3O3S.ClH/c1-14-6-7-16(18(22)21-11-8-19-13-15(21)2)12-17(14)25(23,24)20-9-4-3-5-10-20;/h6-7,12,15,19H,3-5,8-11,13H2,1-2H3;1H/t15-;/m0./s1. The van der Waals surface area contributed by atoms with Crippen molar-refractivity contribution < 1.29 is 13.2 Å². The highest BCUT2D eigenvalue weighted by atomic mass is 35.5. The summed E-state index contributed by atoms with van der Waals surface area (Å²) in [4.78, 5) is 15.0. The van der Waals surface area contributed by atoms with E-state index in [1.165, 1.54) is 0 Å². The van der Waals surface area contributed by atoms with Gasteiger partial charge in [-0.15, -0.1) is 12.4 Å². The van der Waals surface area contributed by atoms with Crippen LogP contribution in [-0.2, 0) is 10.0 Å². The summed E-state index contributed by atoms with van der Waals surface area (Å²) in [6.45, 7) is 7.09. The van der Waals surface area contributed by atoms with E-state index in [1.54, 1.807) is 29.4 Å². The van der Waals surface area contributed by atoms with Crippen LogP contribution < -0.4 is 5.32 Å². The van der Waals surface area contributed by atoms with Gasteiger partial charge in [0.15, 0.2) is 0 Å². The Kier molecular flexibility index (Phi) is 7.07. The Morgan fingerprint density at radius 1 is 1.15 bits per heavy atom. The summed E-state index contributed by atoms with van der Waals surface area (Å²) in [5.41, 5.74) is 1.14. The maximum absolute atomic E-state index is 13.0. The van der Waals surface area contributed by atoms with Crippen LogP contribution in [0.4, 0.5) is 0 Å². The quantitative estimate of drug-likeness (QED) is 0.841. The molecule has 0 radical (unpaired) electrons. The zero-order valence-corrected chi connectivity index (χ0v) is 17.0. The highest BCUT2D eigenvalue weighted by molar-refractivity contribution is 7.89. The molecule has 3 rings (SSSR count). The van der Waals surface area contributed by atoms with Crippen LogP contribution in [0.25, 0.3) is 0 Å². The molecule has 2 aliphatic heterocycles. The summed E-state index contributed by atoms with van der Waals surface area (Å²) in [5.74, 6) is -0.0934. The minimum atomic E-state index is -3.54. The smallest absolute Gasteiger partial charge is 0.254 e. The summed E-state index contributed by atoms with van der Waals surface area (Å²) in [7, 11) is -3.54. The average Bonchev–Trinajstić information content (AvgIpc) is 2.62. The molecule has 1 aromatic rings. The fraction of sp³-hybridized carbons (Fsp3) is 0.611. The van der Waals surface area contributed by atoms with Gasteiger partial charge in [-0.1, -0.05) is 12.5 Å². The van der Waals surface area contributed by atoms with Crippen molar-refractivity contribution in [3.8, 4) is 0 Å². The van der Waals surface area contributed by atoms with Gasteiger partial charge in [-0.3, -0.25) is 4.79 Å². The average molecular weight is 402 g/mol. The number of piperidine rings is 1. The highest BCUT2D eigenvalue weighted by Gasteiger charge is 2.29. The molecule has 2 aliphatic rings. The van der Waals surface area contributed by atoms with Gasteiger partial charge >= 0.3 is 0 Å². The van der Waals surface area contributed by atoms with Gasteiger partial charge in [0.1, 0.15) is 0 Å². The molecule has 0 saturated carbocycles. The van der Waals surface area contributed by atoms with Crippen LogP contribution in [0.15, 0.2) is 23.1 Å². The lowest BCUT2D eigenvalue weighted by Gasteiger charge is -2.34. The number of hydrogen-bond acceptors (Lipinski definition) is 4. The first-order valence-electron chi connectivity index (χ1n) is 9.04. The van der Waals surface area contributed by atoms with Crippen LogP contribution in [0.5, 0.6) is 0 Å². The molecule has 2 heterocycles. The molecule has 1 amide bonds. The number of carbonyl (C=O) groups is 1. The second-order valence-electron chi connectivity index (χ2n) is 7.00. The highest BCUT2D eigenvalue weighted by Crippen LogP contribution is 2.25. The largest absolute Gasteiger partial charge is 0.333 e. The monoisotopic (exact) mass is 401 g/mol. The van der Waals surface area contributed by atoms with E-state index in [-0.39, 0.29) is 29.3 Å². The fourth-order valence-corrected chi connectivity index (χ4v) is 5.33. The third kappa shape index (κ3) is 4.22. The van der Waals surface area contributed by atoms with Gasteiger partial charge in [0, 0.05) is 44.3 Å². The van der Waals surface area contributed by atoms with Gasteiger partial charge in [0.05, 0.1) is 4.90 Å². The fourth-order valence-electron chi connectivity index (χ4n) is 3.56. The number of halogens is 1. The van der Waals surface area contributed by atoms with Crippen LogP contribution in [-0.4, -0.2) is 62.3 Å². The molecule has 0 aromatic heterocycles. The summed E-state index contributed by atoms with van der Waals surface area (Å²) < 4.78 is 27.6. The maximum atomic E-state index is 13.0. The minimum absolute atomic E-state index is 0. The Morgan fingerprint density at radius 2 is 1.85 bits per heavy atom. The van der Waals surface area contributed by atoms with Crippen LogP contribution in [0.3, 0.4) is 0 Å². The Morgan fingerprint density at radius 3 is 2.50 bits per heavy atom. The van der Waals surface area contributed by atoms with Crippen molar-refractivity contribution in [1.82, 2.24) is 14.5 Å². The summed E-state index contributed by atoms with van der Waals surface area (Å²) in [6, 6.07) is 5.15. The van der Waals surface area contributed by atoms with Gasteiger partial charge in [-0.2, -0.15) is 4.31 Å². The molecule has 0 aliphatic carbocycles. The first-order valence-corrected chi connectivity index (χ1v) is 10.5. The molecule has 26 heavy (non-hydrogen) atoms. The molecule has 1 N–H and O–H groups in total. The van der Waals surface area contributed by atoms with Crippen molar-refractivity contribution in [2.75, 3.05) is 32.7 Å². The van der Waals surface area contributed by atoms with Gasteiger partial charge < -0.3 is 10.2 Å². The van der Waals surface area contributed by atoms with E-state index in [4.69, 9.17) is 0 Å². The van der Waals surface area contributed by atoms with Crippen molar-refractivity contribution in [2.45, 2.75) is 44.0 Å². The molecule has 8 heteroatoms. The normalized spacial score (nSPS) is 21.9. The van der Waals surface area contributed by atoms with Crippen molar-refractivity contribution in [2.24, 2.45) is 0 Å². The number of piperazine rings is 1. The second kappa shape index (κ2) is 8.69. The van der Waals surface area contributed by atoms with Gasteiger partial charge in [-0.05, 0) is 44.4 Å². The lowest BCUT2D eigenvalue weighted by atomic mass is 10.1. The third-order valence-corrected chi connectivity index (χ3v) is 7.17. The van der Waals surface area contributed by atoms with Crippen molar-refractivity contribution in [3.05, 3.63) is 29.3 Å². The molecule has 146 valence electrons. The van der Waals surface area contributed by atoms with E-state index < -0.39 is 10.0 Å². The van der Waals surface area contributed by atoms with E-state index in [0.717, 1.165) is 32.4 Å². The molecular weight excluding hydrogens is 374 g/mol. The van der Waals surface area contributed by atoms with E-state index in [9.17, 15) is 13.2 Å². The SMILES string of the molecule is Cc1ccc(C(=O)N2CCNC[C@@H]2C)cc1S(=O)(=O)N1CCCCC1.Cl. The molecule has 2 fully saturated rings. The van der Waals surface area contributed by atoms with Crippen LogP contribution in [0.2, 0.25) is 0 Å². The van der Waals surface area contributed by atoms with E-state index in [0.29, 0.717) is 30.8 Å². The topological polar surface area (TPSA) is 69.7 Å². The second-order valence-corrected chi connectivity index (χ2v) is 8.90. The van der Waals surface area contributed by atoms with E-state index >= 15 is 0 Å². The van der Waals surface area contributed by atoms with Crippen LogP contribution in [0, 0.1) is 6.92 Å². The first-order chi connectivity index (χ1) is 11.9. The molecule has 0 spiro atoms. The number of hydrogen-bond donors (Lipinski definition) is 1. The summed E-state index contributed by atoms with van der Waals surface area (Å²) in [6.07, 6.45) is 2.87. The van der Waals surface area contributed by atoms with E-state index in [2.05, 4.69) is 5.32 Å². The van der Waals surface area contributed by atoms with Crippen LogP contribution >= 0.6 is 12.4 Å².